The van der Waals surface area contributed by atoms with Crippen LogP contribution >= 0.6 is 0 Å². The van der Waals surface area contributed by atoms with Gasteiger partial charge in [0.15, 0.2) is 0 Å². The molecule has 3 rings (SSSR count). The molecule has 0 aliphatic heterocycles. The number of fused-ring (bicyclic) bond motifs is 1. The number of methoxy groups -OCH3 is 1. The third kappa shape index (κ3) is 2.40. The van der Waals surface area contributed by atoms with Crippen LogP contribution in [0.25, 0.3) is 10.9 Å². The summed E-state index contributed by atoms with van der Waals surface area (Å²) in [7, 11) is 1.57. The Hall–Kier alpha value is -2.63. The first-order valence-corrected chi connectivity index (χ1v) is 6.76. The van der Waals surface area contributed by atoms with Crippen LogP contribution < -0.4 is 10.3 Å². The maximum atomic E-state index is 12.5. The van der Waals surface area contributed by atoms with Gasteiger partial charge < -0.3 is 4.74 Å². The van der Waals surface area contributed by atoms with Gasteiger partial charge in [0.25, 0.3) is 5.56 Å². The van der Waals surface area contributed by atoms with Crippen LogP contribution in [0.1, 0.15) is 12.5 Å². The molecule has 0 bridgehead atoms. The Morgan fingerprint density at radius 1 is 1.33 bits per heavy atom. The Morgan fingerprint density at radius 3 is 2.90 bits per heavy atom. The van der Waals surface area contributed by atoms with Crippen LogP contribution in [0.3, 0.4) is 0 Å². The highest BCUT2D eigenvalue weighted by Gasteiger charge is 2.09. The van der Waals surface area contributed by atoms with Crippen LogP contribution in [0.2, 0.25) is 0 Å². The van der Waals surface area contributed by atoms with Gasteiger partial charge in [-0.1, -0.05) is 6.07 Å². The van der Waals surface area contributed by atoms with E-state index in [-0.39, 0.29) is 5.56 Å². The molecule has 1 aromatic carbocycles. The summed E-state index contributed by atoms with van der Waals surface area (Å²) >= 11 is 0. The molecule has 0 aliphatic rings. The predicted octanol–water partition coefficient (Wildman–Crippen LogP) is 1.67. The number of ether oxygens (including phenoxy) is 1. The molecule has 0 N–H and O–H groups in total. The molecule has 0 saturated carbocycles. The van der Waals surface area contributed by atoms with Crippen LogP contribution in [0.15, 0.2) is 41.7 Å². The molecule has 21 heavy (non-hydrogen) atoms. The molecule has 0 spiro atoms. The fourth-order valence-electron chi connectivity index (χ4n) is 2.30. The van der Waals surface area contributed by atoms with Gasteiger partial charge in [0.2, 0.25) is 0 Å². The third-order valence-electron chi connectivity index (χ3n) is 3.40. The molecule has 0 aliphatic carbocycles. The molecule has 0 amide bonds. The Bertz CT molecular complexity index is 835. The SMILES string of the molecule is CCn1cc(Cn2cnc3c(OC)cccc3c2=O)cn1. The molecule has 0 radical (unpaired) electrons. The summed E-state index contributed by atoms with van der Waals surface area (Å²) in [6.45, 7) is 3.29. The van der Waals surface area contributed by atoms with Gasteiger partial charge >= 0.3 is 0 Å². The van der Waals surface area contributed by atoms with Crippen LogP contribution in [-0.4, -0.2) is 26.4 Å². The number of hydrogen-bond donors (Lipinski definition) is 0. The van der Waals surface area contributed by atoms with Gasteiger partial charge in [0, 0.05) is 18.3 Å². The molecule has 0 atom stereocenters. The van der Waals surface area contributed by atoms with Gasteiger partial charge in [0.1, 0.15) is 11.3 Å². The number of rotatable bonds is 4. The van der Waals surface area contributed by atoms with Crippen molar-refractivity contribution in [2.24, 2.45) is 0 Å². The van der Waals surface area contributed by atoms with E-state index in [1.54, 1.807) is 42.4 Å². The van der Waals surface area contributed by atoms with Crippen molar-refractivity contribution in [1.82, 2.24) is 19.3 Å². The molecule has 6 heteroatoms. The van der Waals surface area contributed by atoms with E-state index in [4.69, 9.17) is 4.74 Å². The molecular formula is C15H16N4O2. The first kappa shape index (κ1) is 13.4. The maximum absolute atomic E-state index is 12.5. The van der Waals surface area contributed by atoms with Crippen molar-refractivity contribution < 1.29 is 4.74 Å². The highest BCUT2D eigenvalue weighted by molar-refractivity contribution is 5.83. The second kappa shape index (κ2) is 5.40. The molecule has 0 saturated heterocycles. The van der Waals surface area contributed by atoms with E-state index in [1.165, 1.54) is 0 Å². The van der Waals surface area contributed by atoms with E-state index in [2.05, 4.69) is 10.1 Å². The van der Waals surface area contributed by atoms with E-state index in [0.717, 1.165) is 12.1 Å². The minimum absolute atomic E-state index is 0.0804. The van der Waals surface area contributed by atoms with Gasteiger partial charge in [-0.2, -0.15) is 5.10 Å². The number of nitrogens with zero attached hydrogens (tertiary/aromatic N) is 4. The number of benzene rings is 1. The van der Waals surface area contributed by atoms with Gasteiger partial charge in [-0.05, 0) is 19.1 Å². The minimum atomic E-state index is -0.0804. The van der Waals surface area contributed by atoms with Crippen LogP contribution in [0.5, 0.6) is 5.75 Å². The largest absolute Gasteiger partial charge is 0.494 e. The lowest BCUT2D eigenvalue weighted by molar-refractivity contribution is 0.418. The van der Waals surface area contributed by atoms with Gasteiger partial charge in [0.05, 0.1) is 31.6 Å². The highest BCUT2D eigenvalue weighted by Crippen LogP contribution is 2.20. The Morgan fingerprint density at radius 2 is 2.19 bits per heavy atom. The van der Waals surface area contributed by atoms with Crippen molar-refractivity contribution in [3.05, 3.63) is 52.8 Å². The number of aryl methyl sites for hydroxylation is 1. The zero-order valence-electron chi connectivity index (χ0n) is 12.0. The lowest BCUT2D eigenvalue weighted by Crippen LogP contribution is -2.21. The average molecular weight is 284 g/mol. The molecule has 2 aromatic heterocycles. The zero-order chi connectivity index (χ0) is 14.8. The Kier molecular flexibility index (Phi) is 3.43. The van der Waals surface area contributed by atoms with Crippen molar-refractivity contribution in [3.8, 4) is 5.75 Å². The van der Waals surface area contributed by atoms with E-state index >= 15 is 0 Å². The summed E-state index contributed by atoms with van der Waals surface area (Å²) in [6, 6.07) is 5.35. The fraction of sp³-hybridized carbons (Fsp3) is 0.267. The summed E-state index contributed by atoms with van der Waals surface area (Å²) in [5, 5.41) is 4.77. The number of para-hydroxylation sites is 1. The predicted molar refractivity (Wildman–Crippen MR) is 79.6 cm³/mol. The molecule has 0 fully saturated rings. The summed E-state index contributed by atoms with van der Waals surface area (Å²) < 4.78 is 8.65. The van der Waals surface area contributed by atoms with Crippen molar-refractivity contribution in [2.75, 3.05) is 7.11 Å². The molecule has 108 valence electrons. The minimum Gasteiger partial charge on any atom is -0.494 e. The standard InChI is InChI=1S/C15H16N4O2/c1-3-19-9-11(7-17-19)8-18-10-16-14-12(15(18)20)5-4-6-13(14)21-2/h4-7,9-10H,3,8H2,1-2H3. The molecule has 0 unspecified atom stereocenters. The number of hydrogen-bond acceptors (Lipinski definition) is 4. The van der Waals surface area contributed by atoms with E-state index in [0.29, 0.717) is 23.2 Å². The molecule has 2 heterocycles. The average Bonchev–Trinajstić information content (AvgIpc) is 2.97. The van der Waals surface area contributed by atoms with Crippen molar-refractivity contribution in [3.63, 3.8) is 0 Å². The zero-order valence-corrected chi connectivity index (χ0v) is 12.0. The maximum Gasteiger partial charge on any atom is 0.261 e. The van der Waals surface area contributed by atoms with Crippen molar-refractivity contribution in [1.29, 1.82) is 0 Å². The fourth-order valence-corrected chi connectivity index (χ4v) is 2.30. The summed E-state index contributed by atoms with van der Waals surface area (Å²) in [5.74, 6) is 0.607. The Labute approximate surface area is 121 Å². The van der Waals surface area contributed by atoms with E-state index in [9.17, 15) is 4.79 Å². The molecular weight excluding hydrogens is 268 g/mol. The van der Waals surface area contributed by atoms with Gasteiger partial charge in [-0.3, -0.25) is 14.0 Å². The topological polar surface area (TPSA) is 61.9 Å². The second-order valence-corrected chi connectivity index (χ2v) is 4.74. The highest BCUT2D eigenvalue weighted by atomic mass is 16.5. The summed E-state index contributed by atoms with van der Waals surface area (Å²) in [4.78, 5) is 16.9. The lowest BCUT2D eigenvalue weighted by atomic mass is 10.2. The van der Waals surface area contributed by atoms with Crippen molar-refractivity contribution >= 4 is 10.9 Å². The second-order valence-electron chi connectivity index (χ2n) is 4.74. The van der Waals surface area contributed by atoms with Crippen molar-refractivity contribution in [2.45, 2.75) is 20.0 Å². The number of aromatic nitrogens is 4. The third-order valence-corrected chi connectivity index (χ3v) is 3.40. The van der Waals surface area contributed by atoms with Gasteiger partial charge in [-0.15, -0.1) is 0 Å². The summed E-state index contributed by atoms with van der Waals surface area (Å²) in [6.07, 6.45) is 5.25. The van der Waals surface area contributed by atoms with E-state index in [1.807, 2.05) is 17.8 Å². The first-order chi connectivity index (χ1) is 10.2. The molecule has 6 nitrogen and oxygen atoms in total. The smallest absolute Gasteiger partial charge is 0.261 e. The molecule has 3 aromatic rings. The Balaban J connectivity index is 2.04. The normalized spacial score (nSPS) is 11.0. The van der Waals surface area contributed by atoms with Crippen LogP contribution in [0, 0.1) is 0 Å². The van der Waals surface area contributed by atoms with Gasteiger partial charge in [-0.25, -0.2) is 4.98 Å². The van der Waals surface area contributed by atoms with E-state index < -0.39 is 0 Å². The summed E-state index contributed by atoms with van der Waals surface area (Å²) in [5.41, 5.74) is 1.48. The lowest BCUT2D eigenvalue weighted by Gasteiger charge is -2.07. The van der Waals surface area contributed by atoms with Crippen LogP contribution in [-0.2, 0) is 13.1 Å². The first-order valence-electron chi connectivity index (χ1n) is 6.76. The monoisotopic (exact) mass is 284 g/mol. The quantitative estimate of drug-likeness (QED) is 0.731. The van der Waals surface area contributed by atoms with Crippen LogP contribution in [0.4, 0.5) is 0 Å².